The van der Waals surface area contributed by atoms with Gasteiger partial charge in [-0.1, -0.05) is 11.6 Å². The summed E-state index contributed by atoms with van der Waals surface area (Å²) in [6.07, 6.45) is 0. The lowest BCUT2D eigenvalue weighted by atomic mass is 10.1. The second kappa shape index (κ2) is 8.57. The molecular weight excluding hydrogens is 354 g/mol. The second-order valence-corrected chi connectivity index (χ2v) is 5.30. The zero-order valence-corrected chi connectivity index (χ0v) is 14.6. The number of carbonyl (C=O) groups is 3. The van der Waals surface area contributed by atoms with E-state index in [0.717, 1.165) is 0 Å². The van der Waals surface area contributed by atoms with Crippen LogP contribution in [0.15, 0.2) is 12.1 Å². The molecule has 1 aromatic rings. The van der Waals surface area contributed by atoms with Crippen molar-refractivity contribution < 1.29 is 33.3 Å². The predicted molar refractivity (Wildman–Crippen MR) is 87.0 cm³/mol. The van der Waals surface area contributed by atoms with Gasteiger partial charge in [0.05, 0.1) is 18.2 Å². The number of hydrogen-bond acceptors (Lipinski definition) is 7. The molecule has 1 heterocycles. The summed E-state index contributed by atoms with van der Waals surface area (Å²) in [6, 6.07) is 1.21. The molecule has 1 aromatic carbocycles. The van der Waals surface area contributed by atoms with Crippen molar-refractivity contribution in [1.29, 1.82) is 0 Å². The highest BCUT2D eigenvalue weighted by atomic mass is 35.5. The van der Waals surface area contributed by atoms with Gasteiger partial charge in [-0.05, 0) is 26.0 Å². The Kier molecular flexibility index (Phi) is 6.46. The van der Waals surface area contributed by atoms with Crippen LogP contribution in [0.3, 0.4) is 0 Å². The standard InChI is InChI=1S/C16H18ClNO7/c1-3-22-15(20)12(16(21)23-4-2)18-14(19)9-7-10(17)13-11(8-9)24-5-6-25-13/h7-8,12H,3-6H2,1-2H3,(H,18,19). The summed E-state index contributed by atoms with van der Waals surface area (Å²) < 4.78 is 20.4. The van der Waals surface area contributed by atoms with Crippen LogP contribution in [-0.4, -0.2) is 50.3 Å². The Bertz CT molecular complexity index is 659. The largest absolute Gasteiger partial charge is 0.486 e. The van der Waals surface area contributed by atoms with Crippen molar-refractivity contribution in [1.82, 2.24) is 5.32 Å². The first-order valence-electron chi connectivity index (χ1n) is 7.71. The third-order valence-electron chi connectivity index (χ3n) is 3.18. The zero-order chi connectivity index (χ0) is 18.4. The van der Waals surface area contributed by atoms with Crippen LogP contribution < -0.4 is 14.8 Å². The lowest BCUT2D eigenvalue weighted by molar-refractivity contribution is -0.157. The molecule has 1 aliphatic heterocycles. The highest BCUT2D eigenvalue weighted by Crippen LogP contribution is 2.38. The third-order valence-corrected chi connectivity index (χ3v) is 3.46. The maximum absolute atomic E-state index is 12.4. The van der Waals surface area contributed by atoms with E-state index in [9.17, 15) is 14.4 Å². The first-order valence-corrected chi connectivity index (χ1v) is 8.09. The van der Waals surface area contributed by atoms with E-state index in [-0.39, 0.29) is 23.8 Å². The molecule has 8 nitrogen and oxygen atoms in total. The summed E-state index contributed by atoms with van der Waals surface area (Å²) in [4.78, 5) is 36.3. The van der Waals surface area contributed by atoms with E-state index in [2.05, 4.69) is 5.32 Å². The van der Waals surface area contributed by atoms with Gasteiger partial charge in [0, 0.05) is 5.56 Å². The van der Waals surface area contributed by atoms with E-state index in [4.69, 9.17) is 30.5 Å². The van der Waals surface area contributed by atoms with Gasteiger partial charge in [-0.15, -0.1) is 0 Å². The van der Waals surface area contributed by atoms with Crippen LogP contribution in [0.25, 0.3) is 0 Å². The number of halogens is 1. The minimum Gasteiger partial charge on any atom is -0.486 e. The molecule has 2 rings (SSSR count). The number of fused-ring (bicyclic) bond motifs is 1. The van der Waals surface area contributed by atoms with Crippen LogP contribution in [0.5, 0.6) is 11.5 Å². The quantitative estimate of drug-likeness (QED) is 0.594. The molecule has 0 aromatic heterocycles. The lowest BCUT2D eigenvalue weighted by Crippen LogP contribution is -2.48. The van der Waals surface area contributed by atoms with Gasteiger partial charge in [0.1, 0.15) is 13.2 Å². The molecule has 0 atom stereocenters. The Morgan fingerprint density at radius 1 is 1.12 bits per heavy atom. The van der Waals surface area contributed by atoms with Gasteiger partial charge in [-0.25, -0.2) is 9.59 Å². The van der Waals surface area contributed by atoms with E-state index in [1.165, 1.54) is 12.1 Å². The van der Waals surface area contributed by atoms with Crippen molar-refractivity contribution in [2.75, 3.05) is 26.4 Å². The number of benzene rings is 1. The maximum Gasteiger partial charge on any atom is 0.340 e. The summed E-state index contributed by atoms with van der Waals surface area (Å²) in [5.74, 6) is -1.86. The summed E-state index contributed by atoms with van der Waals surface area (Å²) in [7, 11) is 0. The smallest absolute Gasteiger partial charge is 0.340 e. The Hall–Kier alpha value is -2.48. The Labute approximate surface area is 149 Å². The lowest BCUT2D eigenvalue weighted by Gasteiger charge is -2.20. The van der Waals surface area contributed by atoms with Crippen molar-refractivity contribution in [2.45, 2.75) is 19.9 Å². The fraction of sp³-hybridized carbons (Fsp3) is 0.438. The Morgan fingerprint density at radius 2 is 1.72 bits per heavy atom. The van der Waals surface area contributed by atoms with Crippen LogP contribution in [-0.2, 0) is 19.1 Å². The average Bonchev–Trinajstić information content (AvgIpc) is 2.59. The molecule has 25 heavy (non-hydrogen) atoms. The van der Waals surface area contributed by atoms with Crippen LogP contribution >= 0.6 is 11.6 Å². The molecule has 9 heteroatoms. The summed E-state index contributed by atoms with van der Waals surface area (Å²) in [6.45, 7) is 3.96. The predicted octanol–water partition coefficient (Wildman–Crippen LogP) is 1.34. The minimum absolute atomic E-state index is 0.0560. The number of hydrogen-bond donors (Lipinski definition) is 1. The van der Waals surface area contributed by atoms with E-state index in [1.54, 1.807) is 13.8 Å². The fourth-order valence-electron chi connectivity index (χ4n) is 2.12. The van der Waals surface area contributed by atoms with Gasteiger partial charge in [0.15, 0.2) is 11.5 Å². The summed E-state index contributed by atoms with van der Waals surface area (Å²) in [5, 5.41) is 2.48. The highest BCUT2D eigenvalue weighted by molar-refractivity contribution is 6.32. The molecule has 0 bridgehead atoms. The molecule has 0 radical (unpaired) electrons. The molecule has 0 saturated carbocycles. The average molecular weight is 372 g/mol. The monoisotopic (exact) mass is 371 g/mol. The Balaban J connectivity index is 2.21. The van der Waals surface area contributed by atoms with Gasteiger partial charge < -0.3 is 24.3 Å². The van der Waals surface area contributed by atoms with Crippen molar-refractivity contribution in [3.05, 3.63) is 22.7 Å². The van der Waals surface area contributed by atoms with Crippen molar-refractivity contribution in [3.8, 4) is 11.5 Å². The second-order valence-electron chi connectivity index (χ2n) is 4.89. The molecule has 0 aliphatic carbocycles. The van der Waals surface area contributed by atoms with Crippen molar-refractivity contribution >= 4 is 29.4 Å². The van der Waals surface area contributed by atoms with Gasteiger partial charge in [-0.3, -0.25) is 4.79 Å². The third kappa shape index (κ3) is 4.54. The molecule has 0 saturated heterocycles. The molecule has 0 unspecified atom stereocenters. The summed E-state index contributed by atoms with van der Waals surface area (Å²) in [5.41, 5.74) is 0.104. The van der Waals surface area contributed by atoms with Gasteiger partial charge in [0.25, 0.3) is 5.91 Å². The molecule has 0 spiro atoms. The molecule has 1 aliphatic rings. The molecule has 1 amide bonds. The summed E-state index contributed by atoms with van der Waals surface area (Å²) >= 11 is 6.08. The zero-order valence-electron chi connectivity index (χ0n) is 13.8. The van der Waals surface area contributed by atoms with Crippen LogP contribution in [0, 0.1) is 0 Å². The number of carbonyl (C=O) groups excluding carboxylic acids is 3. The van der Waals surface area contributed by atoms with Crippen LogP contribution in [0.2, 0.25) is 5.02 Å². The van der Waals surface area contributed by atoms with Gasteiger partial charge >= 0.3 is 11.9 Å². The highest BCUT2D eigenvalue weighted by Gasteiger charge is 2.32. The molecular formula is C16H18ClNO7. The first kappa shape index (κ1) is 18.9. The topological polar surface area (TPSA) is 100 Å². The Morgan fingerprint density at radius 3 is 2.32 bits per heavy atom. The molecule has 136 valence electrons. The van der Waals surface area contributed by atoms with Crippen LogP contribution in [0.1, 0.15) is 24.2 Å². The number of ether oxygens (including phenoxy) is 4. The number of rotatable bonds is 6. The maximum atomic E-state index is 12.4. The molecule has 1 N–H and O–H groups in total. The normalized spacial score (nSPS) is 12.5. The number of nitrogens with one attached hydrogen (secondary N) is 1. The SMILES string of the molecule is CCOC(=O)C(NC(=O)c1cc(Cl)c2c(c1)OCCO2)C(=O)OCC. The van der Waals surface area contributed by atoms with E-state index < -0.39 is 23.9 Å². The number of esters is 2. The fourth-order valence-corrected chi connectivity index (χ4v) is 2.39. The van der Waals surface area contributed by atoms with E-state index >= 15 is 0 Å². The van der Waals surface area contributed by atoms with Gasteiger partial charge in [-0.2, -0.15) is 0 Å². The minimum atomic E-state index is -1.57. The first-order chi connectivity index (χ1) is 12.0. The molecule has 0 fully saturated rings. The van der Waals surface area contributed by atoms with Gasteiger partial charge in [0.2, 0.25) is 6.04 Å². The van der Waals surface area contributed by atoms with E-state index in [1.807, 2.05) is 0 Å². The van der Waals surface area contributed by atoms with Crippen LogP contribution in [0.4, 0.5) is 0 Å². The van der Waals surface area contributed by atoms with Crippen molar-refractivity contribution in [2.24, 2.45) is 0 Å². The van der Waals surface area contributed by atoms with Crippen molar-refractivity contribution in [3.63, 3.8) is 0 Å². The number of amides is 1. The van der Waals surface area contributed by atoms with E-state index in [0.29, 0.717) is 24.7 Å².